The molecule has 3 aromatic rings. The number of hydrogen-bond acceptors (Lipinski definition) is 4. The molecule has 0 bridgehead atoms. The van der Waals surface area contributed by atoms with Crippen LogP contribution in [0.4, 0.5) is 11.4 Å². The fourth-order valence-electron chi connectivity index (χ4n) is 3.00. The third-order valence-corrected chi connectivity index (χ3v) is 4.94. The Labute approximate surface area is 158 Å². The van der Waals surface area contributed by atoms with E-state index in [0.717, 1.165) is 23.4 Å². The summed E-state index contributed by atoms with van der Waals surface area (Å²) in [5.74, 6) is 0.472. The van der Waals surface area contributed by atoms with Crippen molar-refractivity contribution >= 4 is 11.4 Å². The highest BCUT2D eigenvalue weighted by Gasteiger charge is 2.16. The second kappa shape index (κ2) is 7.61. The van der Waals surface area contributed by atoms with Gasteiger partial charge in [-0.25, -0.2) is 4.68 Å². The van der Waals surface area contributed by atoms with Crippen molar-refractivity contribution in [2.24, 2.45) is 17.3 Å². The minimum Gasteiger partial charge on any atom is -0.508 e. The number of nitrogens with zero attached hydrogens (tertiary/aromatic N) is 4. The second-order valence-corrected chi connectivity index (χ2v) is 6.66. The average Bonchev–Trinajstić information content (AvgIpc) is 2.90. The number of para-hydroxylation sites is 1. The molecule has 1 aromatic heterocycles. The Morgan fingerprint density at radius 3 is 2.48 bits per heavy atom. The third-order valence-electron chi connectivity index (χ3n) is 4.94. The zero-order valence-corrected chi connectivity index (χ0v) is 16.0. The Morgan fingerprint density at radius 2 is 1.81 bits per heavy atom. The van der Waals surface area contributed by atoms with Gasteiger partial charge in [0.15, 0.2) is 5.69 Å². The standard InChI is InChI=1S/C21H24N4O2/c1-5-14(2)18-13-16(11-12-19(18)26)22-23-20-15(3)24(4)25(21(20)27)17-9-7-6-8-10-17/h6-14,26H,5H2,1-4H3. The van der Waals surface area contributed by atoms with E-state index in [1.165, 1.54) is 0 Å². The molecule has 0 amide bonds. The first kappa shape index (κ1) is 18.6. The molecule has 3 rings (SSSR count). The van der Waals surface area contributed by atoms with Crippen LogP contribution in [0.25, 0.3) is 5.69 Å². The molecule has 1 heterocycles. The van der Waals surface area contributed by atoms with Crippen molar-refractivity contribution in [2.75, 3.05) is 0 Å². The van der Waals surface area contributed by atoms with Gasteiger partial charge < -0.3 is 5.11 Å². The van der Waals surface area contributed by atoms with Gasteiger partial charge in [0, 0.05) is 7.05 Å². The predicted molar refractivity (Wildman–Crippen MR) is 107 cm³/mol. The first-order valence-electron chi connectivity index (χ1n) is 9.02. The first-order valence-corrected chi connectivity index (χ1v) is 9.02. The molecule has 0 aliphatic rings. The van der Waals surface area contributed by atoms with Crippen molar-refractivity contribution in [1.29, 1.82) is 0 Å². The van der Waals surface area contributed by atoms with E-state index in [1.807, 2.05) is 50.4 Å². The molecule has 0 radical (unpaired) electrons. The molecule has 0 saturated heterocycles. The molecule has 1 atom stereocenters. The molecule has 0 fully saturated rings. The summed E-state index contributed by atoms with van der Waals surface area (Å²) in [6.07, 6.45) is 0.910. The summed E-state index contributed by atoms with van der Waals surface area (Å²) < 4.78 is 3.35. The van der Waals surface area contributed by atoms with Crippen molar-refractivity contribution in [2.45, 2.75) is 33.1 Å². The van der Waals surface area contributed by atoms with E-state index in [0.29, 0.717) is 11.4 Å². The molecular weight excluding hydrogens is 340 g/mol. The van der Waals surface area contributed by atoms with Crippen LogP contribution in [0.3, 0.4) is 0 Å². The molecule has 0 saturated carbocycles. The lowest BCUT2D eigenvalue weighted by Gasteiger charge is -2.11. The molecule has 0 spiro atoms. The Kier molecular flexibility index (Phi) is 5.26. The van der Waals surface area contributed by atoms with E-state index in [4.69, 9.17) is 0 Å². The monoisotopic (exact) mass is 364 g/mol. The largest absolute Gasteiger partial charge is 0.508 e. The molecule has 27 heavy (non-hydrogen) atoms. The van der Waals surface area contributed by atoms with Gasteiger partial charge in [0.25, 0.3) is 5.56 Å². The average molecular weight is 364 g/mol. The van der Waals surface area contributed by atoms with Crippen LogP contribution in [0.15, 0.2) is 63.6 Å². The van der Waals surface area contributed by atoms with Crippen LogP contribution in [0.5, 0.6) is 5.75 Å². The third kappa shape index (κ3) is 3.56. The van der Waals surface area contributed by atoms with E-state index in [-0.39, 0.29) is 17.2 Å². The van der Waals surface area contributed by atoms with Gasteiger partial charge in [-0.3, -0.25) is 9.48 Å². The number of hydrogen-bond donors (Lipinski definition) is 1. The number of rotatable bonds is 5. The zero-order valence-electron chi connectivity index (χ0n) is 16.0. The molecule has 2 aromatic carbocycles. The summed E-state index contributed by atoms with van der Waals surface area (Å²) in [4.78, 5) is 12.9. The smallest absolute Gasteiger partial charge is 0.299 e. The lowest BCUT2D eigenvalue weighted by Crippen LogP contribution is -2.19. The van der Waals surface area contributed by atoms with Crippen LogP contribution in [0.1, 0.15) is 37.4 Å². The molecule has 6 nitrogen and oxygen atoms in total. The van der Waals surface area contributed by atoms with Crippen molar-refractivity contribution in [1.82, 2.24) is 9.36 Å². The number of benzene rings is 2. The van der Waals surface area contributed by atoms with Crippen molar-refractivity contribution in [3.05, 3.63) is 70.1 Å². The zero-order chi connectivity index (χ0) is 19.6. The Balaban J connectivity index is 2.01. The SMILES string of the molecule is CCC(C)c1cc(N=Nc2c(C)n(C)n(-c3ccccc3)c2=O)ccc1O. The minimum absolute atomic E-state index is 0.217. The van der Waals surface area contributed by atoms with Crippen LogP contribution >= 0.6 is 0 Å². The van der Waals surface area contributed by atoms with Crippen LogP contribution in [0, 0.1) is 6.92 Å². The Morgan fingerprint density at radius 1 is 1.11 bits per heavy atom. The van der Waals surface area contributed by atoms with Crippen molar-refractivity contribution in [3.63, 3.8) is 0 Å². The summed E-state index contributed by atoms with van der Waals surface area (Å²) in [7, 11) is 1.82. The number of phenolic OH excluding ortho intramolecular Hbond substituents is 1. The van der Waals surface area contributed by atoms with Gasteiger partial charge in [-0.2, -0.15) is 5.11 Å². The van der Waals surface area contributed by atoms with E-state index in [1.54, 1.807) is 21.5 Å². The highest BCUT2D eigenvalue weighted by Crippen LogP contribution is 2.32. The molecule has 0 aliphatic carbocycles. The van der Waals surface area contributed by atoms with E-state index in [9.17, 15) is 9.90 Å². The van der Waals surface area contributed by atoms with Crippen LogP contribution < -0.4 is 5.56 Å². The van der Waals surface area contributed by atoms with E-state index in [2.05, 4.69) is 24.1 Å². The van der Waals surface area contributed by atoms with Gasteiger partial charge in [0.2, 0.25) is 0 Å². The lowest BCUT2D eigenvalue weighted by molar-refractivity contribution is 0.462. The fourth-order valence-corrected chi connectivity index (χ4v) is 3.00. The number of aromatic hydroxyl groups is 1. The van der Waals surface area contributed by atoms with E-state index < -0.39 is 0 Å². The van der Waals surface area contributed by atoms with Gasteiger partial charge in [0.05, 0.1) is 17.1 Å². The maximum atomic E-state index is 12.9. The van der Waals surface area contributed by atoms with Crippen LogP contribution in [0.2, 0.25) is 0 Å². The lowest BCUT2D eigenvalue weighted by atomic mass is 9.97. The van der Waals surface area contributed by atoms with Crippen LogP contribution in [-0.2, 0) is 7.05 Å². The molecular formula is C21H24N4O2. The maximum absolute atomic E-state index is 12.9. The summed E-state index contributed by atoms with van der Waals surface area (Å²) in [5.41, 5.74) is 3.04. The quantitative estimate of drug-likeness (QED) is 0.638. The summed E-state index contributed by atoms with van der Waals surface area (Å²) in [6.45, 7) is 5.96. The summed E-state index contributed by atoms with van der Waals surface area (Å²) in [5, 5.41) is 18.5. The number of phenols is 1. The summed E-state index contributed by atoms with van der Waals surface area (Å²) >= 11 is 0. The van der Waals surface area contributed by atoms with E-state index >= 15 is 0 Å². The first-order chi connectivity index (χ1) is 12.9. The topological polar surface area (TPSA) is 71.9 Å². The normalized spacial score (nSPS) is 12.6. The predicted octanol–water partition coefficient (Wildman–Crippen LogP) is 5.12. The Hall–Kier alpha value is -3.15. The number of aromatic nitrogens is 2. The van der Waals surface area contributed by atoms with Crippen molar-refractivity contribution < 1.29 is 5.11 Å². The molecule has 140 valence electrons. The highest BCUT2D eigenvalue weighted by molar-refractivity contribution is 5.49. The van der Waals surface area contributed by atoms with Gasteiger partial charge >= 0.3 is 0 Å². The van der Waals surface area contributed by atoms with Gasteiger partial charge in [-0.05, 0) is 55.2 Å². The summed E-state index contributed by atoms with van der Waals surface area (Å²) in [6, 6.07) is 14.6. The van der Waals surface area contributed by atoms with Crippen LogP contribution in [-0.4, -0.2) is 14.5 Å². The highest BCUT2D eigenvalue weighted by atomic mass is 16.3. The van der Waals surface area contributed by atoms with Crippen molar-refractivity contribution in [3.8, 4) is 11.4 Å². The molecule has 1 N–H and O–H groups in total. The Bertz CT molecular complexity index is 1030. The van der Waals surface area contributed by atoms with Gasteiger partial charge in [-0.1, -0.05) is 32.0 Å². The minimum atomic E-state index is -0.217. The molecule has 6 heteroatoms. The fraction of sp³-hybridized carbons (Fsp3) is 0.286. The second-order valence-electron chi connectivity index (χ2n) is 6.66. The van der Waals surface area contributed by atoms with Gasteiger partial charge in [-0.15, -0.1) is 5.11 Å². The molecule has 0 aliphatic heterocycles. The number of azo groups is 1. The molecule has 1 unspecified atom stereocenters. The maximum Gasteiger partial charge on any atom is 0.299 e. The van der Waals surface area contributed by atoms with Gasteiger partial charge in [0.1, 0.15) is 5.75 Å².